The predicted molar refractivity (Wildman–Crippen MR) is 76.8 cm³/mol. The maximum absolute atomic E-state index is 11.7. The van der Waals surface area contributed by atoms with Crippen LogP contribution < -0.4 is 11.1 Å². The van der Waals surface area contributed by atoms with E-state index in [1.165, 1.54) is 11.3 Å². The average Bonchev–Trinajstić information content (AvgIpc) is 2.79. The largest absolute Gasteiger partial charge is 0.412 e. The zero-order valence-corrected chi connectivity index (χ0v) is 11.7. The summed E-state index contributed by atoms with van der Waals surface area (Å²) in [4.78, 5) is 22.3. The number of anilines is 1. The molecule has 6 nitrogen and oxygen atoms in total. The molecular formula is C12H9N3O3S2. The fourth-order valence-electron chi connectivity index (χ4n) is 2.04. The third kappa shape index (κ3) is 2.08. The number of amides is 1. The van der Waals surface area contributed by atoms with Crippen molar-refractivity contribution in [2.45, 2.75) is 6.54 Å². The highest BCUT2D eigenvalue weighted by Crippen LogP contribution is 2.30. The lowest BCUT2D eigenvalue weighted by molar-refractivity contribution is 0.0638. The smallest absolute Gasteiger partial charge is 0.373 e. The molecule has 0 aliphatic carbocycles. The summed E-state index contributed by atoms with van der Waals surface area (Å²) in [6.07, 6.45) is -1.12. The summed E-state index contributed by atoms with van der Waals surface area (Å²) >= 11 is 6.71. The normalized spacial score (nSPS) is 12.0. The van der Waals surface area contributed by atoms with E-state index in [2.05, 4.69) is 10.1 Å². The minimum absolute atomic E-state index is 0.253. The average molecular weight is 307 g/mol. The molecule has 1 aromatic heterocycles. The van der Waals surface area contributed by atoms with Crippen molar-refractivity contribution in [3.63, 3.8) is 0 Å². The summed E-state index contributed by atoms with van der Waals surface area (Å²) in [5, 5.41) is 5.15. The van der Waals surface area contributed by atoms with Crippen LogP contribution in [0, 0.1) is 3.95 Å². The van der Waals surface area contributed by atoms with Gasteiger partial charge in [0.1, 0.15) is 5.82 Å². The number of aromatic nitrogens is 1. The maximum atomic E-state index is 11.7. The van der Waals surface area contributed by atoms with Crippen molar-refractivity contribution < 1.29 is 14.3 Å². The lowest BCUT2D eigenvalue weighted by atomic mass is 10.1. The van der Waals surface area contributed by atoms with Gasteiger partial charge >= 0.3 is 12.1 Å². The number of benzene rings is 1. The van der Waals surface area contributed by atoms with E-state index in [1.807, 2.05) is 9.95 Å². The third-order valence-electron chi connectivity index (χ3n) is 2.91. The molecule has 1 aliphatic rings. The molecule has 0 spiro atoms. The molecule has 2 heterocycles. The van der Waals surface area contributed by atoms with Crippen LogP contribution in [0.2, 0.25) is 0 Å². The van der Waals surface area contributed by atoms with Crippen LogP contribution in [0.5, 0.6) is 0 Å². The number of carbonyl (C=O) groups is 2. The Kier molecular flexibility index (Phi) is 3.03. The molecule has 0 unspecified atom stereocenters. The van der Waals surface area contributed by atoms with Gasteiger partial charge in [-0.25, -0.2) is 9.59 Å². The summed E-state index contributed by atoms with van der Waals surface area (Å²) in [5.41, 5.74) is 6.91. The second-order valence-electron chi connectivity index (χ2n) is 4.13. The number of hydrogen-bond donors (Lipinski definition) is 2. The molecule has 0 radical (unpaired) electrons. The Labute approximate surface area is 122 Å². The van der Waals surface area contributed by atoms with Crippen LogP contribution in [-0.2, 0) is 11.3 Å². The van der Waals surface area contributed by atoms with Crippen LogP contribution in [0.4, 0.5) is 10.6 Å². The number of ether oxygens (including phenoxy) is 1. The van der Waals surface area contributed by atoms with E-state index in [0.29, 0.717) is 10.5 Å². The van der Waals surface area contributed by atoms with Crippen molar-refractivity contribution in [1.29, 1.82) is 0 Å². The Balaban J connectivity index is 2.09. The molecular weight excluding hydrogens is 298 g/mol. The van der Waals surface area contributed by atoms with Gasteiger partial charge in [0.25, 0.3) is 0 Å². The van der Waals surface area contributed by atoms with Crippen LogP contribution in [0.1, 0.15) is 15.9 Å². The molecule has 8 heteroatoms. The molecule has 1 aromatic carbocycles. The van der Waals surface area contributed by atoms with Gasteiger partial charge in [-0.1, -0.05) is 6.07 Å². The molecule has 0 saturated carbocycles. The molecule has 20 heavy (non-hydrogen) atoms. The van der Waals surface area contributed by atoms with E-state index in [1.54, 1.807) is 18.2 Å². The summed E-state index contributed by atoms with van der Waals surface area (Å²) in [7, 11) is 0. The molecule has 1 aliphatic heterocycles. The fraction of sp³-hybridized carbons (Fsp3) is 0.0833. The molecule has 2 aromatic rings. The number of nitrogens with two attached hydrogens (primary N) is 1. The van der Waals surface area contributed by atoms with Gasteiger partial charge in [-0.15, -0.1) is 11.3 Å². The quantitative estimate of drug-likeness (QED) is 0.480. The lowest BCUT2D eigenvalue weighted by Crippen LogP contribution is -2.20. The second kappa shape index (κ2) is 4.73. The van der Waals surface area contributed by atoms with Gasteiger partial charge in [0.2, 0.25) is 0 Å². The molecule has 102 valence electrons. The van der Waals surface area contributed by atoms with Crippen molar-refractivity contribution >= 4 is 41.4 Å². The number of nitrogens with one attached hydrogen (secondary N) is 1. The number of thiazole rings is 1. The Hall–Kier alpha value is -2.19. The zero-order valence-electron chi connectivity index (χ0n) is 10.1. The van der Waals surface area contributed by atoms with Crippen molar-refractivity contribution in [3.05, 3.63) is 38.7 Å². The number of fused-ring (bicyclic) bond motifs is 3. The minimum atomic E-state index is -1.12. The van der Waals surface area contributed by atoms with Crippen LogP contribution in [0.15, 0.2) is 23.6 Å². The Bertz CT molecular complexity index is 778. The highest BCUT2D eigenvalue weighted by atomic mass is 32.1. The predicted octanol–water partition coefficient (Wildman–Crippen LogP) is 2.43. The van der Waals surface area contributed by atoms with Crippen LogP contribution >= 0.6 is 23.6 Å². The Morgan fingerprint density at radius 2 is 2.25 bits per heavy atom. The van der Waals surface area contributed by atoms with Crippen molar-refractivity contribution in [2.75, 3.05) is 5.32 Å². The van der Waals surface area contributed by atoms with Crippen LogP contribution in [-0.4, -0.2) is 16.6 Å². The van der Waals surface area contributed by atoms with E-state index >= 15 is 0 Å². The second-order valence-corrected chi connectivity index (χ2v) is 5.63. The van der Waals surface area contributed by atoms with E-state index in [4.69, 9.17) is 18.0 Å². The van der Waals surface area contributed by atoms with Gasteiger partial charge < -0.3 is 15.8 Å². The number of hydrogen-bond acceptors (Lipinski definition) is 6. The van der Waals surface area contributed by atoms with Crippen molar-refractivity contribution in [3.8, 4) is 5.69 Å². The Morgan fingerprint density at radius 3 is 3.00 bits per heavy atom. The summed E-state index contributed by atoms with van der Waals surface area (Å²) in [6.45, 7) is 0.645. The van der Waals surface area contributed by atoms with Crippen molar-refractivity contribution in [1.82, 2.24) is 4.57 Å². The highest BCUT2D eigenvalue weighted by molar-refractivity contribution is 7.73. The van der Waals surface area contributed by atoms with Gasteiger partial charge in [-0.3, -0.25) is 4.57 Å². The number of carbonyl (C=O) groups excluding carboxylic acids is 2. The van der Waals surface area contributed by atoms with Crippen LogP contribution in [0.3, 0.4) is 0 Å². The molecule has 3 N–H and O–H groups in total. The summed E-state index contributed by atoms with van der Waals surface area (Å²) in [5.74, 6) is 0.107. The number of primary amides is 1. The molecule has 0 atom stereocenters. The maximum Gasteiger partial charge on any atom is 0.412 e. The molecule has 0 saturated heterocycles. The fourth-order valence-corrected chi connectivity index (χ4v) is 3.09. The third-order valence-corrected chi connectivity index (χ3v) is 4.11. The monoisotopic (exact) mass is 307 g/mol. The van der Waals surface area contributed by atoms with Crippen molar-refractivity contribution in [2.24, 2.45) is 5.73 Å². The first-order valence-corrected chi connectivity index (χ1v) is 6.94. The van der Waals surface area contributed by atoms with E-state index in [0.717, 1.165) is 17.1 Å². The van der Waals surface area contributed by atoms with E-state index in [-0.39, 0.29) is 5.56 Å². The molecule has 0 fully saturated rings. The number of esters is 1. The van der Waals surface area contributed by atoms with Gasteiger partial charge in [0, 0.05) is 11.9 Å². The standard InChI is InChI=1S/C12H9N3O3S2/c13-11(17)18-10(16)6-1-2-7-4-14-9-5-20-12(19)15(9)8(7)3-6/h1-3,5,14H,4H2,(H2,13,17). The number of rotatable bonds is 1. The minimum Gasteiger partial charge on any atom is -0.373 e. The first-order valence-electron chi connectivity index (χ1n) is 5.65. The molecule has 1 amide bonds. The van der Waals surface area contributed by atoms with E-state index < -0.39 is 12.1 Å². The zero-order chi connectivity index (χ0) is 14.3. The molecule has 3 rings (SSSR count). The SMILES string of the molecule is NC(=O)OC(=O)c1ccc2c(c1)-n1c(csc1=S)NC2. The Morgan fingerprint density at radius 1 is 1.45 bits per heavy atom. The summed E-state index contributed by atoms with van der Waals surface area (Å²) < 4.78 is 6.90. The topological polar surface area (TPSA) is 86.4 Å². The van der Waals surface area contributed by atoms with Gasteiger partial charge in [-0.05, 0) is 29.9 Å². The highest BCUT2D eigenvalue weighted by Gasteiger charge is 2.19. The van der Waals surface area contributed by atoms with E-state index in [9.17, 15) is 9.59 Å². The van der Waals surface area contributed by atoms with Gasteiger partial charge in [0.15, 0.2) is 3.95 Å². The summed E-state index contributed by atoms with van der Waals surface area (Å²) in [6, 6.07) is 5.03. The first-order chi connectivity index (χ1) is 9.56. The van der Waals surface area contributed by atoms with Crippen LogP contribution in [0.25, 0.3) is 5.69 Å². The molecule has 0 bridgehead atoms. The van der Waals surface area contributed by atoms with Gasteiger partial charge in [-0.2, -0.15) is 0 Å². The first kappa shape index (κ1) is 12.8. The lowest BCUT2D eigenvalue weighted by Gasteiger charge is -2.21. The number of nitrogens with zero attached hydrogens (tertiary/aromatic N) is 1. The van der Waals surface area contributed by atoms with Gasteiger partial charge in [0.05, 0.1) is 11.3 Å².